The Kier molecular flexibility index (Phi) is 5.87. The Morgan fingerprint density at radius 1 is 1.44 bits per heavy atom. The van der Waals surface area contributed by atoms with Crippen molar-refractivity contribution in [2.75, 3.05) is 17.5 Å². The van der Waals surface area contributed by atoms with Crippen LogP contribution in [0.4, 0.5) is 0 Å². The van der Waals surface area contributed by atoms with Crippen LogP contribution in [0.1, 0.15) is 26.7 Å². The molecular weight excluding hydrogens is 315 g/mol. The molecule has 1 heterocycles. The Morgan fingerprint density at radius 3 is 2.62 bits per heavy atom. The van der Waals surface area contributed by atoms with Gasteiger partial charge in [0.15, 0.2) is 0 Å². The SMILES string of the molecule is CC[I-]/C=C(C)\C=C(/N)C(=O)N1CCCC1. The molecule has 0 bridgehead atoms. The van der Waals surface area contributed by atoms with E-state index < -0.39 is 0 Å². The first kappa shape index (κ1) is 13.5. The molecule has 1 aliphatic heterocycles. The average Bonchev–Trinajstić information content (AvgIpc) is 2.78. The van der Waals surface area contributed by atoms with Crippen LogP contribution in [0.25, 0.3) is 0 Å². The van der Waals surface area contributed by atoms with Crippen molar-refractivity contribution in [3.05, 3.63) is 21.4 Å². The number of carbonyl (C=O) groups is 1. The molecule has 1 amide bonds. The van der Waals surface area contributed by atoms with E-state index in [0.29, 0.717) is 5.70 Å². The van der Waals surface area contributed by atoms with Gasteiger partial charge in [-0.1, -0.05) is 0 Å². The van der Waals surface area contributed by atoms with Gasteiger partial charge in [-0.05, 0) is 0 Å². The first-order valence-corrected chi connectivity index (χ1v) is 8.43. The van der Waals surface area contributed by atoms with Gasteiger partial charge in [0, 0.05) is 0 Å². The fraction of sp³-hybridized carbons (Fsp3) is 0.583. The first-order valence-electron chi connectivity index (χ1n) is 5.66. The third kappa shape index (κ3) is 4.15. The second-order valence-corrected chi connectivity index (χ2v) is 6.90. The molecule has 1 aliphatic rings. The minimum atomic E-state index is -0.0000477. The van der Waals surface area contributed by atoms with E-state index in [1.165, 1.54) is 4.43 Å². The molecule has 3 nitrogen and oxygen atoms in total. The summed E-state index contributed by atoms with van der Waals surface area (Å²) in [5.74, 6) is -0.0000477. The van der Waals surface area contributed by atoms with Gasteiger partial charge in [0.05, 0.1) is 0 Å². The van der Waals surface area contributed by atoms with E-state index in [1.807, 2.05) is 17.9 Å². The number of allylic oxidation sites excluding steroid dienone is 2. The molecule has 0 aromatic rings. The third-order valence-electron chi connectivity index (χ3n) is 2.43. The van der Waals surface area contributed by atoms with Gasteiger partial charge in [-0.15, -0.1) is 0 Å². The Balaban J connectivity index is 2.57. The average molecular weight is 335 g/mol. The van der Waals surface area contributed by atoms with Gasteiger partial charge in [-0.2, -0.15) is 0 Å². The van der Waals surface area contributed by atoms with E-state index in [2.05, 4.69) is 11.0 Å². The Bertz CT molecular complexity index is 304. The monoisotopic (exact) mass is 335 g/mol. The summed E-state index contributed by atoms with van der Waals surface area (Å²) in [5.41, 5.74) is 7.32. The summed E-state index contributed by atoms with van der Waals surface area (Å²) in [7, 11) is 0. The van der Waals surface area contributed by atoms with Crippen LogP contribution in [0, 0.1) is 0 Å². The van der Waals surface area contributed by atoms with Crippen LogP contribution in [0.15, 0.2) is 21.4 Å². The predicted molar refractivity (Wildman–Crippen MR) is 62.4 cm³/mol. The molecule has 2 N–H and O–H groups in total. The van der Waals surface area contributed by atoms with Crippen molar-refractivity contribution < 1.29 is 26.0 Å². The second-order valence-electron chi connectivity index (χ2n) is 3.87. The van der Waals surface area contributed by atoms with Gasteiger partial charge in [0.2, 0.25) is 0 Å². The Morgan fingerprint density at radius 2 is 2.06 bits per heavy atom. The zero-order chi connectivity index (χ0) is 12.0. The molecule has 0 aliphatic carbocycles. The van der Waals surface area contributed by atoms with Gasteiger partial charge in [-0.25, -0.2) is 0 Å². The molecule has 0 aromatic carbocycles. The predicted octanol–water partition coefficient (Wildman–Crippen LogP) is -1.54. The Hall–Kier alpha value is -0.520. The normalized spacial score (nSPS) is 18.2. The van der Waals surface area contributed by atoms with Gasteiger partial charge in [0.25, 0.3) is 0 Å². The molecule has 0 unspecified atom stereocenters. The van der Waals surface area contributed by atoms with Crippen LogP contribution in [0.2, 0.25) is 0 Å². The number of hydrogen-bond donors (Lipinski definition) is 1. The summed E-state index contributed by atoms with van der Waals surface area (Å²) in [6.45, 7) is 5.91. The van der Waals surface area contributed by atoms with E-state index in [1.54, 1.807) is 0 Å². The number of nitrogens with two attached hydrogens (primary N) is 1. The molecule has 1 fully saturated rings. The molecule has 1 saturated heterocycles. The van der Waals surface area contributed by atoms with Crippen molar-refractivity contribution in [3.63, 3.8) is 0 Å². The van der Waals surface area contributed by atoms with Gasteiger partial charge < -0.3 is 0 Å². The molecule has 0 saturated carbocycles. The first-order chi connectivity index (χ1) is 7.65. The summed E-state index contributed by atoms with van der Waals surface area (Å²) in [4.78, 5) is 13.7. The van der Waals surface area contributed by atoms with Crippen molar-refractivity contribution in [1.82, 2.24) is 4.90 Å². The second kappa shape index (κ2) is 6.93. The van der Waals surface area contributed by atoms with Crippen LogP contribution in [-0.2, 0) is 4.79 Å². The number of rotatable bonds is 4. The molecule has 0 atom stereocenters. The fourth-order valence-corrected chi connectivity index (χ4v) is 2.96. The molecular formula is C12H20IN2O-. The van der Waals surface area contributed by atoms with E-state index in [-0.39, 0.29) is 27.1 Å². The summed E-state index contributed by atoms with van der Waals surface area (Å²) >= 11 is 0.138. The van der Waals surface area contributed by atoms with Gasteiger partial charge in [0.1, 0.15) is 0 Å². The maximum atomic E-state index is 11.9. The van der Waals surface area contributed by atoms with Crippen molar-refractivity contribution in [2.24, 2.45) is 5.73 Å². The molecule has 92 valence electrons. The van der Waals surface area contributed by atoms with E-state index in [0.717, 1.165) is 31.5 Å². The summed E-state index contributed by atoms with van der Waals surface area (Å²) in [6, 6.07) is 0. The molecule has 1 rings (SSSR count). The van der Waals surface area contributed by atoms with Crippen LogP contribution < -0.4 is 26.9 Å². The van der Waals surface area contributed by atoms with Crippen molar-refractivity contribution in [3.8, 4) is 0 Å². The molecule has 4 heteroatoms. The quantitative estimate of drug-likeness (QED) is 0.293. The van der Waals surface area contributed by atoms with E-state index in [4.69, 9.17) is 5.73 Å². The van der Waals surface area contributed by atoms with Crippen LogP contribution in [0.3, 0.4) is 0 Å². The van der Waals surface area contributed by atoms with E-state index in [9.17, 15) is 4.79 Å². The van der Waals surface area contributed by atoms with Gasteiger partial charge in [-0.3, -0.25) is 0 Å². The van der Waals surface area contributed by atoms with Crippen LogP contribution >= 0.6 is 0 Å². The molecule has 16 heavy (non-hydrogen) atoms. The van der Waals surface area contributed by atoms with Crippen molar-refractivity contribution in [2.45, 2.75) is 26.7 Å². The minimum absolute atomic E-state index is 0.0000477. The zero-order valence-corrected chi connectivity index (χ0v) is 12.2. The summed E-state index contributed by atoms with van der Waals surface area (Å²) in [5, 5.41) is 0. The van der Waals surface area contributed by atoms with Crippen molar-refractivity contribution >= 4 is 5.91 Å². The number of hydrogen-bond acceptors (Lipinski definition) is 2. The molecule has 0 radical (unpaired) electrons. The third-order valence-corrected chi connectivity index (χ3v) is 4.73. The van der Waals surface area contributed by atoms with Gasteiger partial charge >= 0.3 is 108 Å². The maximum absolute atomic E-state index is 11.9. The zero-order valence-electron chi connectivity index (χ0n) is 10.0. The molecule has 0 aromatic heterocycles. The van der Waals surface area contributed by atoms with Crippen molar-refractivity contribution in [1.29, 1.82) is 0 Å². The Labute approximate surface area is 108 Å². The van der Waals surface area contributed by atoms with Crippen LogP contribution in [0.5, 0.6) is 0 Å². The summed E-state index contributed by atoms with van der Waals surface area (Å²) < 4.78 is 3.45. The summed E-state index contributed by atoms with van der Waals surface area (Å²) in [6.07, 6.45) is 4.03. The number of amides is 1. The number of halogens is 1. The number of alkyl halides is 1. The van der Waals surface area contributed by atoms with E-state index >= 15 is 0 Å². The van der Waals surface area contributed by atoms with Crippen LogP contribution in [-0.4, -0.2) is 28.3 Å². The topological polar surface area (TPSA) is 46.3 Å². The number of likely N-dealkylation sites (tertiary alicyclic amines) is 1. The molecule has 0 spiro atoms. The standard InChI is InChI=1S/C12H20IN2O/c1-3-13-9-10(2)8-11(14)12(16)15-6-4-5-7-15/h8-9H,3-7,14H2,1-2H3/q-1/b10-9-,11-8-. The number of carbonyl (C=O) groups excluding carboxylic acids is 1. The fourth-order valence-electron chi connectivity index (χ4n) is 1.64. The number of nitrogens with zero attached hydrogens (tertiary/aromatic N) is 1.